The first-order chi connectivity index (χ1) is 12.6. The standard InChI is InChI=1S/C20H20N2O4/c1-13-6-4-7-14(10-13)19-17(22-12-26-19)20(23)21-11-15-8-5-9-16(24-2)18(15)25-3/h4-10,12H,11H2,1-3H3,(H,21,23). The summed E-state index contributed by atoms with van der Waals surface area (Å²) in [5.41, 5.74) is 2.94. The normalized spacial score (nSPS) is 10.4. The molecule has 2 aromatic carbocycles. The molecule has 26 heavy (non-hydrogen) atoms. The average molecular weight is 352 g/mol. The van der Waals surface area contributed by atoms with Crippen molar-refractivity contribution in [3.63, 3.8) is 0 Å². The summed E-state index contributed by atoms with van der Waals surface area (Å²) in [5, 5.41) is 2.86. The third-order valence-electron chi connectivity index (χ3n) is 3.99. The summed E-state index contributed by atoms with van der Waals surface area (Å²) < 4.78 is 16.1. The van der Waals surface area contributed by atoms with Gasteiger partial charge in [-0.05, 0) is 19.1 Å². The van der Waals surface area contributed by atoms with Crippen LogP contribution in [0.3, 0.4) is 0 Å². The lowest BCUT2D eigenvalue weighted by Gasteiger charge is -2.13. The Morgan fingerprint density at radius 3 is 2.69 bits per heavy atom. The molecule has 1 amide bonds. The number of amides is 1. The third-order valence-corrected chi connectivity index (χ3v) is 3.99. The topological polar surface area (TPSA) is 73.6 Å². The van der Waals surface area contributed by atoms with E-state index in [0.717, 1.165) is 16.7 Å². The maximum absolute atomic E-state index is 12.6. The zero-order valence-electron chi connectivity index (χ0n) is 14.9. The number of nitrogens with zero attached hydrogens (tertiary/aromatic N) is 1. The maximum Gasteiger partial charge on any atom is 0.274 e. The average Bonchev–Trinajstić information content (AvgIpc) is 3.15. The monoisotopic (exact) mass is 352 g/mol. The van der Waals surface area contributed by atoms with Crippen LogP contribution in [0.15, 0.2) is 53.3 Å². The van der Waals surface area contributed by atoms with Crippen molar-refractivity contribution in [3.05, 3.63) is 65.7 Å². The molecule has 0 fully saturated rings. The van der Waals surface area contributed by atoms with E-state index in [2.05, 4.69) is 10.3 Å². The number of carbonyl (C=O) groups excluding carboxylic acids is 1. The van der Waals surface area contributed by atoms with Crippen LogP contribution in [0.5, 0.6) is 11.5 Å². The highest BCUT2D eigenvalue weighted by atomic mass is 16.5. The number of oxazole rings is 1. The van der Waals surface area contributed by atoms with Gasteiger partial charge in [0.05, 0.1) is 14.2 Å². The lowest BCUT2D eigenvalue weighted by molar-refractivity contribution is 0.0946. The van der Waals surface area contributed by atoms with Crippen molar-refractivity contribution in [2.75, 3.05) is 14.2 Å². The number of nitrogens with one attached hydrogen (secondary N) is 1. The first-order valence-corrected chi connectivity index (χ1v) is 8.12. The SMILES string of the molecule is COc1cccc(CNC(=O)c2ncoc2-c2cccc(C)c2)c1OC. The Morgan fingerprint density at radius 2 is 1.96 bits per heavy atom. The van der Waals surface area contributed by atoms with Gasteiger partial charge in [0.25, 0.3) is 5.91 Å². The summed E-state index contributed by atoms with van der Waals surface area (Å²) in [6, 6.07) is 13.2. The molecule has 0 aliphatic rings. The predicted molar refractivity (Wildman–Crippen MR) is 97.4 cm³/mol. The van der Waals surface area contributed by atoms with Gasteiger partial charge in [0.2, 0.25) is 0 Å². The quantitative estimate of drug-likeness (QED) is 0.734. The van der Waals surface area contributed by atoms with Gasteiger partial charge in [-0.1, -0.05) is 35.9 Å². The number of carbonyl (C=O) groups is 1. The zero-order chi connectivity index (χ0) is 18.5. The Bertz CT molecular complexity index is 918. The predicted octanol–water partition coefficient (Wildman–Crippen LogP) is 3.60. The van der Waals surface area contributed by atoms with E-state index >= 15 is 0 Å². The van der Waals surface area contributed by atoms with Crippen LogP contribution in [-0.2, 0) is 6.54 Å². The summed E-state index contributed by atoms with van der Waals surface area (Å²) in [7, 11) is 3.14. The van der Waals surface area contributed by atoms with Crippen LogP contribution in [0.1, 0.15) is 21.6 Å². The van der Waals surface area contributed by atoms with E-state index in [4.69, 9.17) is 13.9 Å². The molecule has 0 saturated carbocycles. The van der Waals surface area contributed by atoms with Gasteiger partial charge in [0.15, 0.2) is 29.3 Å². The van der Waals surface area contributed by atoms with Gasteiger partial charge in [-0.2, -0.15) is 0 Å². The largest absolute Gasteiger partial charge is 0.493 e. The highest BCUT2D eigenvalue weighted by Crippen LogP contribution is 2.30. The molecule has 3 aromatic rings. The Labute approximate surface area is 151 Å². The molecule has 0 aliphatic heterocycles. The number of para-hydroxylation sites is 1. The molecular formula is C20H20N2O4. The fraction of sp³-hybridized carbons (Fsp3) is 0.200. The summed E-state index contributed by atoms with van der Waals surface area (Å²) >= 11 is 0. The van der Waals surface area contributed by atoms with Crippen LogP contribution in [-0.4, -0.2) is 25.1 Å². The lowest BCUT2D eigenvalue weighted by Crippen LogP contribution is -2.24. The molecule has 6 heteroatoms. The first kappa shape index (κ1) is 17.5. The second kappa shape index (κ2) is 7.74. The van der Waals surface area contributed by atoms with Crippen LogP contribution in [0, 0.1) is 6.92 Å². The van der Waals surface area contributed by atoms with Gasteiger partial charge >= 0.3 is 0 Å². The van der Waals surface area contributed by atoms with Crippen LogP contribution >= 0.6 is 0 Å². The van der Waals surface area contributed by atoms with Crippen LogP contribution in [0.4, 0.5) is 0 Å². The van der Waals surface area contributed by atoms with Crippen molar-refractivity contribution in [1.29, 1.82) is 0 Å². The summed E-state index contributed by atoms with van der Waals surface area (Å²) in [5.74, 6) is 1.33. The number of aryl methyl sites for hydroxylation is 1. The molecule has 1 N–H and O–H groups in total. The number of benzene rings is 2. The number of methoxy groups -OCH3 is 2. The molecule has 134 valence electrons. The molecule has 0 atom stereocenters. The molecule has 1 heterocycles. The van der Waals surface area contributed by atoms with Crippen molar-refractivity contribution in [2.45, 2.75) is 13.5 Å². The van der Waals surface area contributed by atoms with E-state index in [9.17, 15) is 4.79 Å². The van der Waals surface area contributed by atoms with Gasteiger partial charge < -0.3 is 19.2 Å². The minimum atomic E-state index is -0.319. The smallest absolute Gasteiger partial charge is 0.274 e. The molecule has 0 unspecified atom stereocenters. The lowest BCUT2D eigenvalue weighted by atomic mass is 10.1. The van der Waals surface area contributed by atoms with Crippen LogP contribution in [0.25, 0.3) is 11.3 Å². The molecule has 0 spiro atoms. The van der Waals surface area contributed by atoms with Gasteiger partial charge in [-0.25, -0.2) is 4.98 Å². The van der Waals surface area contributed by atoms with Gasteiger partial charge in [-0.15, -0.1) is 0 Å². The summed E-state index contributed by atoms with van der Waals surface area (Å²) in [6.45, 7) is 2.26. The van der Waals surface area contributed by atoms with Crippen molar-refractivity contribution in [3.8, 4) is 22.8 Å². The van der Waals surface area contributed by atoms with Crippen molar-refractivity contribution >= 4 is 5.91 Å². The third kappa shape index (κ3) is 3.54. The molecule has 0 saturated heterocycles. The van der Waals surface area contributed by atoms with Crippen LogP contribution in [0.2, 0.25) is 0 Å². The summed E-state index contributed by atoms with van der Waals surface area (Å²) in [4.78, 5) is 16.7. The minimum absolute atomic E-state index is 0.248. The van der Waals surface area contributed by atoms with E-state index in [-0.39, 0.29) is 18.1 Å². The molecule has 0 aliphatic carbocycles. The first-order valence-electron chi connectivity index (χ1n) is 8.12. The fourth-order valence-electron chi connectivity index (χ4n) is 2.75. The Morgan fingerprint density at radius 1 is 1.15 bits per heavy atom. The fourth-order valence-corrected chi connectivity index (χ4v) is 2.75. The molecule has 0 radical (unpaired) electrons. The molecule has 1 aromatic heterocycles. The molecular weight excluding hydrogens is 332 g/mol. The minimum Gasteiger partial charge on any atom is -0.493 e. The van der Waals surface area contributed by atoms with Crippen LogP contribution < -0.4 is 14.8 Å². The van der Waals surface area contributed by atoms with E-state index in [1.807, 2.05) is 43.3 Å². The van der Waals surface area contributed by atoms with Crippen molar-refractivity contribution in [1.82, 2.24) is 10.3 Å². The second-order valence-corrected chi connectivity index (χ2v) is 5.73. The highest BCUT2D eigenvalue weighted by molar-refractivity contribution is 5.97. The molecule has 3 rings (SSSR count). The van der Waals surface area contributed by atoms with E-state index in [1.165, 1.54) is 6.39 Å². The van der Waals surface area contributed by atoms with Gasteiger partial charge in [0.1, 0.15) is 0 Å². The number of ether oxygens (including phenoxy) is 2. The number of aromatic nitrogens is 1. The van der Waals surface area contributed by atoms with Crippen molar-refractivity contribution < 1.29 is 18.7 Å². The highest BCUT2D eigenvalue weighted by Gasteiger charge is 2.19. The van der Waals surface area contributed by atoms with E-state index in [0.29, 0.717) is 17.3 Å². The molecule has 0 bridgehead atoms. The van der Waals surface area contributed by atoms with Gasteiger partial charge in [0, 0.05) is 17.7 Å². The number of rotatable bonds is 6. The Hall–Kier alpha value is -3.28. The molecule has 6 nitrogen and oxygen atoms in total. The maximum atomic E-state index is 12.6. The summed E-state index contributed by atoms with van der Waals surface area (Å²) in [6.07, 6.45) is 1.28. The van der Waals surface area contributed by atoms with Gasteiger partial charge in [-0.3, -0.25) is 4.79 Å². The number of hydrogen-bond donors (Lipinski definition) is 1. The second-order valence-electron chi connectivity index (χ2n) is 5.73. The Balaban J connectivity index is 1.80. The van der Waals surface area contributed by atoms with E-state index in [1.54, 1.807) is 20.3 Å². The zero-order valence-corrected chi connectivity index (χ0v) is 14.9. The number of hydrogen-bond acceptors (Lipinski definition) is 5. The Kier molecular flexibility index (Phi) is 5.22. The van der Waals surface area contributed by atoms with Crippen molar-refractivity contribution in [2.24, 2.45) is 0 Å². The van der Waals surface area contributed by atoms with E-state index < -0.39 is 0 Å².